The number of hydrogen-bond donors (Lipinski definition) is 3. The molecule has 23 heavy (non-hydrogen) atoms. The Kier molecular flexibility index (Phi) is 6.68. The molecular weight excluding hydrogens is 303 g/mol. The zero-order valence-electron chi connectivity index (χ0n) is 13.3. The largest absolute Gasteiger partial charge is 0.480 e. The van der Waals surface area contributed by atoms with Gasteiger partial charge in [-0.2, -0.15) is 0 Å². The zero-order chi connectivity index (χ0) is 17.6. The molecule has 6 nitrogen and oxygen atoms in total. The van der Waals surface area contributed by atoms with Gasteiger partial charge in [-0.05, 0) is 23.6 Å². The number of amides is 2. The molecule has 3 N–H and O–H groups in total. The highest BCUT2D eigenvalue weighted by Crippen LogP contribution is 2.08. The van der Waals surface area contributed by atoms with Crippen LogP contribution in [0.3, 0.4) is 0 Å². The van der Waals surface area contributed by atoms with Crippen LogP contribution in [-0.4, -0.2) is 35.0 Å². The molecule has 0 aliphatic carbocycles. The molecule has 1 aromatic carbocycles. The maximum Gasteiger partial charge on any atom is 0.326 e. The van der Waals surface area contributed by atoms with Crippen molar-refractivity contribution in [3.8, 4) is 0 Å². The number of nitrogens with one attached hydrogen (secondary N) is 2. The molecular formula is C16H21FN2O4. The highest BCUT2D eigenvalue weighted by molar-refractivity contribution is 5.90. The van der Waals surface area contributed by atoms with Crippen LogP contribution in [0.1, 0.15) is 26.3 Å². The summed E-state index contributed by atoms with van der Waals surface area (Å²) in [7, 11) is 0. The summed E-state index contributed by atoms with van der Waals surface area (Å²) in [4.78, 5) is 34.7. The summed E-state index contributed by atoms with van der Waals surface area (Å²) >= 11 is 0. The van der Waals surface area contributed by atoms with Crippen molar-refractivity contribution in [3.63, 3.8) is 0 Å². The summed E-state index contributed by atoms with van der Waals surface area (Å²) in [5.74, 6) is -2.87. The predicted octanol–water partition coefficient (Wildman–Crippen LogP) is 1.10. The Morgan fingerprint density at radius 1 is 1.22 bits per heavy atom. The molecule has 7 heteroatoms. The van der Waals surface area contributed by atoms with Gasteiger partial charge in [0, 0.05) is 13.3 Å². The number of rotatable bonds is 7. The second-order valence-electron chi connectivity index (χ2n) is 5.66. The molecule has 1 aromatic rings. The van der Waals surface area contributed by atoms with Crippen LogP contribution in [0, 0.1) is 11.7 Å². The van der Waals surface area contributed by atoms with Crippen molar-refractivity contribution in [1.29, 1.82) is 0 Å². The molecule has 126 valence electrons. The third-order valence-electron chi connectivity index (χ3n) is 3.25. The van der Waals surface area contributed by atoms with Gasteiger partial charge in [0.2, 0.25) is 11.8 Å². The number of carbonyl (C=O) groups is 3. The summed E-state index contributed by atoms with van der Waals surface area (Å²) in [6, 6.07) is 3.49. The lowest BCUT2D eigenvalue weighted by Gasteiger charge is -2.23. The van der Waals surface area contributed by atoms with Crippen LogP contribution >= 0.6 is 0 Å². The zero-order valence-corrected chi connectivity index (χ0v) is 13.3. The van der Waals surface area contributed by atoms with E-state index in [2.05, 4.69) is 10.6 Å². The van der Waals surface area contributed by atoms with Gasteiger partial charge >= 0.3 is 5.97 Å². The van der Waals surface area contributed by atoms with E-state index in [1.807, 2.05) is 0 Å². The van der Waals surface area contributed by atoms with Crippen LogP contribution in [0.5, 0.6) is 0 Å². The lowest BCUT2D eigenvalue weighted by molar-refractivity contribution is -0.142. The van der Waals surface area contributed by atoms with Crippen LogP contribution in [0.25, 0.3) is 0 Å². The van der Waals surface area contributed by atoms with E-state index < -0.39 is 29.8 Å². The number of carboxylic acids is 1. The molecule has 2 atom stereocenters. The predicted molar refractivity (Wildman–Crippen MR) is 82.1 cm³/mol. The number of hydrogen-bond acceptors (Lipinski definition) is 3. The average Bonchev–Trinajstić information content (AvgIpc) is 2.43. The number of benzene rings is 1. The molecule has 0 heterocycles. The van der Waals surface area contributed by atoms with Crippen LogP contribution in [0.15, 0.2) is 24.3 Å². The van der Waals surface area contributed by atoms with E-state index in [0.717, 1.165) is 0 Å². The molecule has 0 aliphatic rings. The molecule has 0 fully saturated rings. The van der Waals surface area contributed by atoms with Crippen molar-refractivity contribution >= 4 is 17.8 Å². The van der Waals surface area contributed by atoms with Gasteiger partial charge < -0.3 is 15.7 Å². The lowest BCUT2D eigenvalue weighted by atomic mass is 10.0. The maximum absolute atomic E-state index is 13.2. The maximum atomic E-state index is 13.2. The third-order valence-corrected chi connectivity index (χ3v) is 3.25. The van der Waals surface area contributed by atoms with Crippen molar-refractivity contribution < 1.29 is 23.9 Å². The van der Waals surface area contributed by atoms with Gasteiger partial charge in [0.05, 0.1) is 0 Å². The van der Waals surface area contributed by atoms with E-state index in [1.54, 1.807) is 19.9 Å². The standard InChI is InChI=1S/C16H21FN2O4/c1-9(2)14(18-10(3)20)15(21)19-13(16(22)23)8-11-5-4-6-12(17)7-11/h4-7,9,13-14H,8H2,1-3H3,(H,18,20)(H,19,21)(H,22,23)/t13-,14-/m1/s1. The van der Waals surface area contributed by atoms with Crippen molar-refractivity contribution in [1.82, 2.24) is 10.6 Å². The highest BCUT2D eigenvalue weighted by Gasteiger charge is 2.28. The van der Waals surface area contributed by atoms with Crippen molar-refractivity contribution in [2.24, 2.45) is 5.92 Å². The Balaban J connectivity index is 2.84. The first kappa shape index (κ1) is 18.6. The molecule has 0 aromatic heterocycles. The topological polar surface area (TPSA) is 95.5 Å². The quantitative estimate of drug-likeness (QED) is 0.700. The summed E-state index contributed by atoms with van der Waals surface area (Å²) in [6.07, 6.45) is -0.0519. The molecule has 0 radical (unpaired) electrons. The Labute approximate surface area is 134 Å². The molecule has 2 amide bonds. The van der Waals surface area contributed by atoms with Gasteiger partial charge in [-0.25, -0.2) is 9.18 Å². The molecule has 0 aliphatic heterocycles. The Hall–Kier alpha value is -2.44. The van der Waals surface area contributed by atoms with Crippen LogP contribution in [0.2, 0.25) is 0 Å². The minimum Gasteiger partial charge on any atom is -0.480 e. The van der Waals surface area contributed by atoms with Gasteiger partial charge in [0.1, 0.15) is 17.9 Å². The second-order valence-corrected chi connectivity index (χ2v) is 5.66. The van der Waals surface area contributed by atoms with E-state index in [-0.39, 0.29) is 18.2 Å². The normalized spacial score (nSPS) is 13.3. The summed E-state index contributed by atoms with van der Waals surface area (Å²) < 4.78 is 13.2. The minimum absolute atomic E-state index is 0.0519. The molecule has 0 bridgehead atoms. The highest BCUT2D eigenvalue weighted by atomic mass is 19.1. The Morgan fingerprint density at radius 2 is 1.87 bits per heavy atom. The van der Waals surface area contributed by atoms with Gasteiger partial charge in [-0.15, -0.1) is 0 Å². The minimum atomic E-state index is -1.23. The lowest BCUT2D eigenvalue weighted by Crippen LogP contribution is -2.53. The molecule has 0 unspecified atom stereocenters. The van der Waals surface area contributed by atoms with Gasteiger partial charge in [-0.3, -0.25) is 9.59 Å². The number of carbonyl (C=O) groups excluding carboxylic acids is 2. The summed E-state index contributed by atoms with van der Waals surface area (Å²) in [5, 5.41) is 14.1. The monoisotopic (exact) mass is 324 g/mol. The van der Waals surface area contributed by atoms with Gasteiger partial charge in [0.25, 0.3) is 0 Å². The number of aliphatic carboxylic acids is 1. The van der Waals surface area contributed by atoms with Crippen LogP contribution in [0.4, 0.5) is 4.39 Å². The van der Waals surface area contributed by atoms with Gasteiger partial charge in [-0.1, -0.05) is 26.0 Å². The Bertz CT molecular complexity index is 589. The van der Waals surface area contributed by atoms with E-state index in [0.29, 0.717) is 5.56 Å². The van der Waals surface area contributed by atoms with Crippen molar-refractivity contribution in [3.05, 3.63) is 35.6 Å². The Morgan fingerprint density at radius 3 is 2.35 bits per heavy atom. The van der Waals surface area contributed by atoms with E-state index in [1.165, 1.54) is 25.1 Å². The van der Waals surface area contributed by atoms with Crippen LogP contribution in [-0.2, 0) is 20.8 Å². The fraction of sp³-hybridized carbons (Fsp3) is 0.438. The average molecular weight is 324 g/mol. The second kappa shape index (κ2) is 8.26. The molecule has 1 rings (SSSR count). The van der Waals surface area contributed by atoms with E-state index in [9.17, 15) is 23.9 Å². The number of carboxylic acid groups (broad SMARTS) is 1. The summed E-state index contributed by atoms with van der Waals surface area (Å²) in [6.45, 7) is 4.76. The smallest absolute Gasteiger partial charge is 0.326 e. The number of halogens is 1. The first-order chi connectivity index (χ1) is 10.7. The fourth-order valence-corrected chi connectivity index (χ4v) is 2.12. The van der Waals surface area contributed by atoms with Gasteiger partial charge in [0.15, 0.2) is 0 Å². The van der Waals surface area contributed by atoms with E-state index in [4.69, 9.17) is 0 Å². The van der Waals surface area contributed by atoms with Crippen LogP contribution < -0.4 is 10.6 Å². The first-order valence-corrected chi connectivity index (χ1v) is 7.25. The van der Waals surface area contributed by atoms with Crippen molar-refractivity contribution in [2.45, 2.75) is 39.3 Å². The third kappa shape index (κ3) is 6.06. The first-order valence-electron chi connectivity index (χ1n) is 7.25. The molecule has 0 saturated carbocycles. The van der Waals surface area contributed by atoms with E-state index >= 15 is 0 Å². The molecule has 0 saturated heterocycles. The molecule has 0 spiro atoms. The fourth-order valence-electron chi connectivity index (χ4n) is 2.12. The van der Waals surface area contributed by atoms with Crippen molar-refractivity contribution in [2.75, 3.05) is 0 Å². The summed E-state index contributed by atoms with van der Waals surface area (Å²) in [5.41, 5.74) is 0.457. The SMILES string of the molecule is CC(=O)N[C@@H](C(=O)N[C@H](Cc1cccc(F)c1)C(=O)O)C(C)C.